The van der Waals surface area contributed by atoms with Gasteiger partial charge in [-0.05, 0) is 36.5 Å². The molecule has 0 N–H and O–H groups in total. The molecular formula is C15H14N2S. The number of thiazole rings is 1. The molecule has 18 heavy (non-hydrogen) atoms. The number of fused-ring (bicyclic) bond motifs is 1. The summed E-state index contributed by atoms with van der Waals surface area (Å²) in [6, 6.07) is 8.86. The Labute approximate surface area is 111 Å². The van der Waals surface area contributed by atoms with E-state index in [0.717, 1.165) is 17.1 Å². The lowest BCUT2D eigenvalue weighted by molar-refractivity contribution is 0.912. The van der Waals surface area contributed by atoms with Crippen LogP contribution < -0.4 is 0 Å². The molecule has 1 heterocycles. The maximum absolute atomic E-state index is 8.58. The Morgan fingerprint density at radius 2 is 2.17 bits per heavy atom. The zero-order chi connectivity index (χ0) is 12.4. The van der Waals surface area contributed by atoms with Gasteiger partial charge in [0.05, 0.1) is 16.8 Å². The molecule has 90 valence electrons. The van der Waals surface area contributed by atoms with Crippen LogP contribution in [0.3, 0.4) is 0 Å². The van der Waals surface area contributed by atoms with Crippen LogP contribution in [0.25, 0.3) is 11.3 Å². The molecule has 1 aromatic heterocycles. The van der Waals surface area contributed by atoms with Crippen molar-refractivity contribution in [3.05, 3.63) is 39.7 Å². The Bertz CT molecular complexity index is 607. The molecule has 3 rings (SSSR count). The topological polar surface area (TPSA) is 36.7 Å². The Kier molecular flexibility index (Phi) is 3.12. The Hall–Kier alpha value is -1.66. The summed E-state index contributed by atoms with van der Waals surface area (Å²) in [7, 11) is 0. The van der Waals surface area contributed by atoms with Crippen molar-refractivity contribution in [1.82, 2.24) is 4.98 Å². The fraction of sp³-hybridized carbons (Fsp3) is 0.333. The predicted octanol–water partition coefficient (Wildman–Crippen LogP) is 3.75. The number of nitriles is 1. The predicted molar refractivity (Wildman–Crippen MR) is 73.5 cm³/mol. The molecule has 2 nitrogen and oxygen atoms in total. The standard InChI is InChI=1S/C15H14N2S/c16-8-2-5-15-17-14(10-18-15)13-7-6-11-3-1-4-12(11)9-13/h6-7,9-10H,1-5H2. The lowest BCUT2D eigenvalue weighted by atomic mass is 10.1. The molecule has 3 heteroatoms. The molecule has 0 atom stereocenters. The van der Waals surface area contributed by atoms with Crippen molar-refractivity contribution in [2.45, 2.75) is 32.1 Å². The number of nitrogens with zero attached hydrogens (tertiary/aromatic N) is 2. The monoisotopic (exact) mass is 254 g/mol. The molecule has 1 aromatic carbocycles. The van der Waals surface area contributed by atoms with Crippen molar-refractivity contribution >= 4 is 11.3 Å². The van der Waals surface area contributed by atoms with Gasteiger partial charge in [0.25, 0.3) is 0 Å². The number of rotatable bonds is 3. The third kappa shape index (κ3) is 2.16. The Morgan fingerprint density at radius 1 is 1.28 bits per heavy atom. The zero-order valence-electron chi connectivity index (χ0n) is 10.1. The van der Waals surface area contributed by atoms with Crippen LogP contribution in [0.5, 0.6) is 0 Å². The molecule has 0 saturated heterocycles. The molecule has 0 aliphatic heterocycles. The first-order valence-corrected chi connectivity index (χ1v) is 7.18. The second-order valence-corrected chi connectivity index (χ2v) is 5.56. The average molecular weight is 254 g/mol. The van der Waals surface area contributed by atoms with Gasteiger partial charge in [-0.1, -0.05) is 12.1 Å². The van der Waals surface area contributed by atoms with Crippen LogP contribution in [0.15, 0.2) is 23.6 Å². The number of hydrogen-bond donors (Lipinski definition) is 0. The van der Waals surface area contributed by atoms with Crippen LogP contribution in [0.1, 0.15) is 29.0 Å². The molecule has 0 radical (unpaired) electrons. The lowest BCUT2D eigenvalue weighted by Crippen LogP contribution is -1.86. The molecule has 1 aliphatic carbocycles. The van der Waals surface area contributed by atoms with Gasteiger partial charge in [0, 0.05) is 23.8 Å². The third-order valence-corrected chi connectivity index (χ3v) is 4.31. The molecule has 1 aliphatic rings. The zero-order valence-corrected chi connectivity index (χ0v) is 11.0. The second-order valence-electron chi connectivity index (χ2n) is 4.62. The highest BCUT2D eigenvalue weighted by molar-refractivity contribution is 7.09. The second kappa shape index (κ2) is 4.91. The van der Waals surface area contributed by atoms with Crippen molar-refractivity contribution in [3.8, 4) is 17.3 Å². The molecule has 0 saturated carbocycles. The number of aromatic nitrogens is 1. The van der Waals surface area contributed by atoms with Crippen molar-refractivity contribution < 1.29 is 0 Å². The van der Waals surface area contributed by atoms with Gasteiger partial charge in [0.2, 0.25) is 0 Å². The van der Waals surface area contributed by atoms with Crippen LogP contribution in [-0.4, -0.2) is 4.98 Å². The van der Waals surface area contributed by atoms with E-state index in [1.807, 2.05) is 0 Å². The van der Waals surface area contributed by atoms with Gasteiger partial charge in [0.1, 0.15) is 0 Å². The van der Waals surface area contributed by atoms with Crippen molar-refractivity contribution in [3.63, 3.8) is 0 Å². The summed E-state index contributed by atoms with van der Waals surface area (Å²) in [5.41, 5.74) is 5.26. The Balaban J connectivity index is 1.86. The number of aryl methyl sites for hydroxylation is 3. The third-order valence-electron chi connectivity index (χ3n) is 3.40. The van der Waals surface area contributed by atoms with Crippen molar-refractivity contribution in [2.24, 2.45) is 0 Å². The van der Waals surface area contributed by atoms with E-state index in [9.17, 15) is 0 Å². The van der Waals surface area contributed by atoms with E-state index < -0.39 is 0 Å². The van der Waals surface area contributed by atoms with Gasteiger partial charge in [-0.15, -0.1) is 11.3 Å². The fourth-order valence-corrected chi connectivity index (χ4v) is 3.26. The normalized spacial score (nSPS) is 13.3. The van der Waals surface area contributed by atoms with Gasteiger partial charge < -0.3 is 0 Å². The van der Waals surface area contributed by atoms with Crippen LogP contribution in [-0.2, 0) is 19.3 Å². The number of benzene rings is 1. The average Bonchev–Trinajstić information content (AvgIpc) is 3.04. The summed E-state index contributed by atoms with van der Waals surface area (Å²) in [6.07, 6.45) is 5.03. The van der Waals surface area contributed by atoms with Crippen LogP contribution in [0.2, 0.25) is 0 Å². The van der Waals surface area contributed by atoms with E-state index >= 15 is 0 Å². The van der Waals surface area contributed by atoms with Crippen LogP contribution >= 0.6 is 11.3 Å². The summed E-state index contributed by atoms with van der Waals surface area (Å²) >= 11 is 1.66. The van der Waals surface area contributed by atoms with E-state index in [4.69, 9.17) is 5.26 Å². The first-order chi connectivity index (χ1) is 8.86. The molecule has 2 aromatic rings. The first-order valence-electron chi connectivity index (χ1n) is 6.30. The van der Waals surface area contributed by atoms with Gasteiger partial charge in [-0.2, -0.15) is 5.26 Å². The largest absolute Gasteiger partial charge is 0.241 e. The van der Waals surface area contributed by atoms with Gasteiger partial charge in [-0.25, -0.2) is 4.98 Å². The van der Waals surface area contributed by atoms with Gasteiger partial charge in [-0.3, -0.25) is 0 Å². The minimum atomic E-state index is 0.553. The molecular weight excluding hydrogens is 240 g/mol. The molecule has 0 spiro atoms. The fourth-order valence-electron chi connectivity index (χ4n) is 2.45. The summed E-state index contributed by atoms with van der Waals surface area (Å²) in [6.45, 7) is 0. The number of hydrogen-bond acceptors (Lipinski definition) is 3. The van der Waals surface area contributed by atoms with E-state index in [-0.39, 0.29) is 0 Å². The highest BCUT2D eigenvalue weighted by Gasteiger charge is 2.12. The van der Waals surface area contributed by atoms with E-state index in [1.54, 1.807) is 11.3 Å². The summed E-state index contributed by atoms with van der Waals surface area (Å²) in [4.78, 5) is 4.61. The smallest absolute Gasteiger partial charge is 0.0942 e. The first kappa shape index (κ1) is 11.4. The van der Waals surface area contributed by atoms with Crippen LogP contribution in [0, 0.1) is 11.3 Å². The van der Waals surface area contributed by atoms with E-state index in [0.29, 0.717) is 6.42 Å². The minimum absolute atomic E-state index is 0.553. The summed E-state index contributed by atoms with van der Waals surface area (Å²) in [5, 5.41) is 11.7. The Morgan fingerprint density at radius 3 is 3.06 bits per heavy atom. The molecule has 0 unspecified atom stereocenters. The van der Waals surface area contributed by atoms with Crippen LogP contribution in [0.4, 0.5) is 0 Å². The van der Waals surface area contributed by atoms with Gasteiger partial charge >= 0.3 is 0 Å². The van der Waals surface area contributed by atoms with Gasteiger partial charge in [0.15, 0.2) is 0 Å². The summed E-state index contributed by atoms with van der Waals surface area (Å²) in [5.74, 6) is 0. The SMILES string of the molecule is N#CCCc1nc(-c2ccc3c(c2)CCC3)cs1. The highest BCUT2D eigenvalue weighted by Crippen LogP contribution is 2.28. The molecule has 0 bridgehead atoms. The molecule has 0 fully saturated rings. The minimum Gasteiger partial charge on any atom is -0.241 e. The lowest BCUT2D eigenvalue weighted by Gasteiger charge is -2.02. The molecule has 0 amide bonds. The summed E-state index contributed by atoms with van der Waals surface area (Å²) < 4.78 is 0. The van der Waals surface area contributed by atoms with E-state index in [2.05, 4.69) is 34.6 Å². The highest BCUT2D eigenvalue weighted by atomic mass is 32.1. The van der Waals surface area contributed by atoms with E-state index in [1.165, 1.54) is 36.0 Å². The maximum Gasteiger partial charge on any atom is 0.0942 e. The quantitative estimate of drug-likeness (QED) is 0.836. The van der Waals surface area contributed by atoms with Crippen molar-refractivity contribution in [2.75, 3.05) is 0 Å². The van der Waals surface area contributed by atoms with Crippen molar-refractivity contribution in [1.29, 1.82) is 5.26 Å². The maximum atomic E-state index is 8.58.